The number of carboxylic acid groups (broad SMARTS) is 1. The van der Waals surface area contributed by atoms with Crippen molar-refractivity contribution in [2.24, 2.45) is 0 Å². The van der Waals surface area contributed by atoms with Crippen LogP contribution in [-0.2, 0) is 17.7 Å². The molecule has 0 spiro atoms. The van der Waals surface area contributed by atoms with E-state index in [1.165, 1.54) is 9.25 Å². The lowest BCUT2D eigenvalue weighted by Gasteiger charge is -2.09. The molecule has 2 aromatic rings. The molecule has 0 fully saturated rings. The van der Waals surface area contributed by atoms with Crippen LogP contribution in [0.1, 0.15) is 29.6 Å². The second-order valence-electron chi connectivity index (χ2n) is 5.09. The lowest BCUT2D eigenvalue weighted by molar-refractivity contribution is 0.0206. The van der Waals surface area contributed by atoms with Crippen molar-refractivity contribution in [3.8, 4) is 0 Å². The number of rotatable bonds is 3. The Kier molecular flexibility index (Phi) is 3.25. The minimum Gasteiger partial charge on any atom is -0.450 e. The van der Waals surface area contributed by atoms with E-state index in [0.717, 1.165) is 11.1 Å². The molecule has 0 saturated heterocycles. The molecule has 1 N–H and O–H groups in total. The Labute approximate surface area is 120 Å². The number of ether oxygens (including phenoxy) is 1. The minimum atomic E-state index is -1.38. The number of hydrogen-bond acceptors (Lipinski definition) is 4. The first-order valence-electron chi connectivity index (χ1n) is 6.68. The van der Waals surface area contributed by atoms with Gasteiger partial charge in [-0.2, -0.15) is 5.10 Å². The van der Waals surface area contributed by atoms with Gasteiger partial charge in [0.05, 0.1) is 6.54 Å². The molecule has 1 aliphatic heterocycles. The molecule has 110 valence electrons. The van der Waals surface area contributed by atoms with E-state index in [1.807, 2.05) is 31.2 Å². The highest BCUT2D eigenvalue weighted by Gasteiger charge is 2.30. The highest BCUT2D eigenvalue weighted by atomic mass is 16.7. The fourth-order valence-corrected chi connectivity index (χ4v) is 2.50. The summed E-state index contributed by atoms with van der Waals surface area (Å²) in [5, 5.41) is 13.0. The summed E-state index contributed by atoms with van der Waals surface area (Å²) in [6.45, 7) is 2.36. The van der Waals surface area contributed by atoms with Crippen molar-refractivity contribution in [2.45, 2.75) is 32.5 Å². The van der Waals surface area contributed by atoms with Gasteiger partial charge in [-0.1, -0.05) is 29.8 Å². The van der Waals surface area contributed by atoms with Crippen LogP contribution < -0.4 is 5.69 Å². The van der Waals surface area contributed by atoms with Gasteiger partial charge in [-0.25, -0.2) is 18.8 Å². The molecule has 0 bridgehead atoms. The average Bonchev–Trinajstić information content (AvgIpc) is 2.94. The second kappa shape index (κ2) is 5.08. The summed E-state index contributed by atoms with van der Waals surface area (Å²) in [5.74, 6) is 0.568. The van der Waals surface area contributed by atoms with Crippen LogP contribution >= 0.6 is 0 Å². The van der Waals surface area contributed by atoms with Crippen molar-refractivity contribution in [2.75, 3.05) is 0 Å². The van der Waals surface area contributed by atoms with Gasteiger partial charge in [0.1, 0.15) is 5.82 Å². The van der Waals surface area contributed by atoms with E-state index in [0.29, 0.717) is 25.2 Å². The first kappa shape index (κ1) is 13.4. The first-order valence-corrected chi connectivity index (χ1v) is 6.68. The monoisotopic (exact) mass is 289 g/mol. The van der Waals surface area contributed by atoms with E-state index < -0.39 is 12.4 Å². The SMILES string of the molecule is Cc1ccc(Cn2nc3n(c2=O)[C@@H](OC(=O)O)CC3)cc1. The van der Waals surface area contributed by atoms with Gasteiger partial charge in [0.15, 0.2) is 6.23 Å². The quantitative estimate of drug-likeness (QED) is 0.866. The van der Waals surface area contributed by atoms with E-state index in [1.54, 1.807) is 0 Å². The highest BCUT2D eigenvalue weighted by Crippen LogP contribution is 2.23. The van der Waals surface area contributed by atoms with E-state index in [4.69, 9.17) is 9.84 Å². The molecule has 0 radical (unpaired) electrons. The largest absolute Gasteiger partial charge is 0.507 e. The lowest BCUT2D eigenvalue weighted by atomic mass is 10.1. The normalized spacial score (nSPS) is 16.7. The zero-order valence-electron chi connectivity index (χ0n) is 11.5. The van der Waals surface area contributed by atoms with Crippen LogP contribution in [0.3, 0.4) is 0 Å². The standard InChI is InChI=1S/C14H15N3O4/c1-9-2-4-10(5-3-9)8-16-13(18)17-11(15-16)6-7-12(17)21-14(19)20/h2-5,12H,6-8H2,1H3,(H,19,20)/t12-/m0/s1. The van der Waals surface area contributed by atoms with Crippen LogP contribution in [0, 0.1) is 6.92 Å². The minimum absolute atomic E-state index is 0.339. The summed E-state index contributed by atoms with van der Waals surface area (Å²) >= 11 is 0. The Bertz CT molecular complexity index is 730. The van der Waals surface area contributed by atoms with Crippen LogP contribution in [-0.4, -0.2) is 25.6 Å². The van der Waals surface area contributed by atoms with Gasteiger partial charge in [0.2, 0.25) is 0 Å². The average molecular weight is 289 g/mol. The second-order valence-corrected chi connectivity index (χ2v) is 5.09. The third-order valence-corrected chi connectivity index (χ3v) is 3.53. The van der Waals surface area contributed by atoms with Crippen molar-refractivity contribution in [3.63, 3.8) is 0 Å². The summed E-state index contributed by atoms with van der Waals surface area (Å²) in [6.07, 6.45) is -1.16. The summed E-state index contributed by atoms with van der Waals surface area (Å²) < 4.78 is 7.39. The van der Waals surface area contributed by atoms with Gasteiger partial charge in [-0.3, -0.25) is 0 Å². The Hall–Kier alpha value is -2.57. The number of fused-ring (bicyclic) bond motifs is 1. The van der Waals surface area contributed by atoms with E-state index >= 15 is 0 Å². The van der Waals surface area contributed by atoms with Gasteiger partial charge in [0, 0.05) is 12.8 Å². The third-order valence-electron chi connectivity index (χ3n) is 3.53. The lowest BCUT2D eigenvalue weighted by Crippen LogP contribution is -2.29. The van der Waals surface area contributed by atoms with Gasteiger partial charge in [0.25, 0.3) is 0 Å². The molecule has 7 heteroatoms. The van der Waals surface area contributed by atoms with Crippen molar-refractivity contribution >= 4 is 6.16 Å². The Morgan fingerprint density at radius 2 is 2.14 bits per heavy atom. The van der Waals surface area contributed by atoms with Crippen LogP contribution in [0.5, 0.6) is 0 Å². The molecule has 2 heterocycles. The smallest absolute Gasteiger partial charge is 0.450 e. The molecule has 1 aromatic carbocycles. The summed E-state index contributed by atoms with van der Waals surface area (Å²) in [6, 6.07) is 7.83. The number of nitrogens with zero attached hydrogens (tertiary/aromatic N) is 3. The molecular formula is C14H15N3O4. The van der Waals surface area contributed by atoms with Crippen molar-refractivity contribution in [1.29, 1.82) is 0 Å². The van der Waals surface area contributed by atoms with E-state index in [-0.39, 0.29) is 5.69 Å². The predicted octanol–water partition coefficient (Wildman–Crippen LogP) is 1.54. The van der Waals surface area contributed by atoms with Crippen molar-refractivity contribution in [3.05, 3.63) is 51.7 Å². The Morgan fingerprint density at radius 1 is 1.43 bits per heavy atom. The fourth-order valence-electron chi connectivity index (χ4n) is 2.50. The third kappa shape index (κ3) is 2.54. The topological polar surface area (TPSA) is 86.4 Å². The molecular weight excluding hydrogens is 274 g/mol. The van der Waals surface area contributed by atoms with Crippen LogP contribution in [0.15, 0.2) is 29.1 Å². The maximum atomic E-state index is 12.3. The van der Waals surface area contributed by atoms with Crippen LogP contribution in [0.2, 0.25) is 0 Å². The summed E-state index contributed by atoms with van der Waals surface area (Å²) in [4.78, 5) is 23.0. The molecule has 0 amide bonds. The van der Waals surface area contributed by atoms with Gasteiger partial charge >= 0.3 is 11.8 Å². The molecule has 1 aliphatic rings. The van der Waals surface area contributed by atoms with Crippen LogP contribution in [0.4, 0.5) is 4.79 Å². The number of aromatic nitrogens is 3. The highest BCUT2D eigenvalue weighted by molar-refractivity contribution is 5.56. The Morgan fingerprint density at radius 3 is 2.81 bits per heavy atom. The zero-order valence-corrected chi connectivity index (χ0v) is 11.5. The molecule has 0 unspecified atom stereocenters. The van der Waals surface area contributed by atoms with Gasteiger partial charge in [-0.15, -0.1) is 0 Å². The molecule has 1 atom stereocenters. The fraction of sp³-hybridized carbons (Fsp3) is 0.357. The van der Waals surface area contributed by atoms with Crippen molar-refractivity contribution < 1.29 is 14.6 Å². The maximum absolute atomic E-state index is 12.3. The number of aryl methyl sites for hydroxylation is 2. The molecule has 7 nitrogen and oxygen atoms in total. The van der Waals surface area contributed by atoms with Gasteiger partial charge < -0.3 is 9.84 Å². The van der Waals surface area contributed by atoms with Crippen molar-refractivity contribution in [1.82, 2.24) is 14.3 Å². The Balaban J connectivity index is 1.87. The first-order chi connectivity index (χ1) is 10.0. The predicted molar refractivity (Wildman–Crippen MR) is 73.2 cm³/mol. The molecule has 0 saturated carbocycles. The van der Waals surface area contributed by atoms with Crippen LogP contribution in [0.25, 0.3) is 0 Å². The van der Waals surface area contributed by atoms with E-state index in [9.17, 15) is 9.59 Å². The molecule has 21 heavy (non-hydrogen) atoms. The number of hydrogen-bond donors (Lipinski definition) is 1. The molecule has 1 aromatic heterocycles. The maximum Gasteiger partial charge on any atom is 0.507 e. The van der Waals surface area contributed by atoms with Gasteiger partial charge in [-0.05, 0) is 12.5 Å². The molecule has 0 aliphatic carbocycles. The summed E-state index contributed by atoms with van der Waals surface area (Å²) in [5.41, 5.74) is 1.78. The number of carbonyl (C=O) groups is 1. The summed E-state index contributed by atoms with van der Waals surface area (Å²) in [7, 11) is 0. The molecule has 3 rings (SSSR count). The van der Waals surface area contributed by atoms with E-state index in [2.05, 4.69) is 5.10 Å². The number of benzene rings is 1. The zero-order chi connectivity index (χ0) is 15.0.